The number of H-pyrrole nitrogens is 1. The van der Waals surface area contributed by atoms with E-state index in [1.165, 1.54) is 0 Å². The molecule has 104 valence electrons. The van der Waals surface area contributed by atoms with E-state index in [9.17, 15) is 0 Å². The fourth-order valence-electron chi connectivity index (χ4n) is 2.44. The Morgan fingerprint density at radius 3 is 2.79 bits per heavy atom. The first-order valence-electron chi connectivity index (χ1n) is 6.82. The number of aromatic nitrogens is 4. The monoisotopic (exact) mass is 261 g/mol. The fourth-order valence-corrected chi connectivity index (χ4v) is 2.44. The molecule has 2 aromatic rings. The maximum absolute atomic E-state index is 5.84. The van der Waals surface area contributed by atoms with Gasteiger partial charge in [0.05, 0.1) is 17.6 Å². The Bertz CT molecular complexity index is 511. The topological polar surface area (TPSA) is 72.5 Å². The molecule has 2 rings (SSSR count). The van der Waals surface area contributed by atoms with Gasteiger partial charge in [0.15, 0.2) is 0 Å². The maximum Gasteiger partial charge on any atom is 0.106 e. The van der Waals surface area contributed by atoms with Crippen molar-refractivity contribution in [2.45, 2.75) is 26.7 Å². The van der Waals surface area contributed by atoms with Crippen molar-refractivity contribution in [1.29, 1.82) is 0 Å². The second-order valence-corrected chi connectivity index (χ2v) is 5.52. The Morgan fingerprint density at radius 1 is 1.42 bits per heavy atom. The average molecular weight is 261 g/mol. The van der Waals surface area contributed by atoms with Gasteiger partial charge < -0.3 is 10.7 Å². The van der Waals surface area contributed by atoms with Crippen molar-refractivity contribution in [2.75, 3.05) is 6.54 Å². The number of rotatable bonds is 6. The summed E-state index contributed by atoms with van der Waals surface area (Å²) in [4.78, 5) is 7.82. The summed E-state index contributed by atoms with van der Waals surface area (Å²) in [6.07, 6.45) is 5.71. The first-order valence-corrected chi connectivity index (χ1v) is 6.82. The Balaban J connectivity index is 2.07. The molecule has 0 aliphatic carbocycles. The van der Waals surface area contributed by atoms with Crippen molar-refractivity contribution >= 4 is 0 Å². The third kappa shape index (κ3) is 3.44. The van der Waals surface area contributed by atoms with Crippen molar-refractivity contribution < 1.29 is 0 Å². The molecule has 0 saturated carbocycles. The van der Waals surface area contributed by atoms with Crippen LogP contribution in [0.4, 0.5) is 0 Å². The molecule has 0 bridgehead atoms. The van der Waals surface area contributed by atoms with Gasteiger partial charge in [-0.3, -0.25) is 4.68 Å². The standard InChI is InChI=1S/C14H23N5/c1-10(2)6-11(8-15)7-14-16-9-12(18-14)13-4-5-17-19(13)3/h4-5,9-11H,6-8,15H2,1-3H3,(H,16,18). The molecule has 0 aliphatic heterocycles. The molecule has 0 amide bonds. The first-order chi connectivity index (χ1) is 9.10. The molecule has 0 aromatic carbocycles. The first kappa shape index (κ1) is 13.8. The van der Waals surface area contributed by atoms with Crippen molar-refractivity contribution in [3.63, 3.8) is 0 Å². The normalized spacial score (nSPS) is 13.1. The highest BCUT2D eigenvalue weighted by Crippen LogP contribution is 2.19. The van der Waals surface area contributed by atoms with Gasteiger partial charge in [0, 0.05) is 19.7 Å². The lowest BCUT2D eigenvalue weighted by Gasteiger charge is -2.15. The van der Waals surface area contributed by atoms with E-state index >= 15 is 0 Å². The molecule has 2 aromatic heterocycles. The van der Waals surface area contributed by atoms with Gasteiger partial charge >= 0.3 is 0 Å². The lowest BCUT2D eigenvalue weighted by atomic mass is 9.94. The zero-order valence-corrected chi connectivity index (χ0v) is 11.9. The molecule has 0 spiro atoms. The molecule has 5 nitrogen and oxygen atoms in total. The van der Waals surface area contributed by atoms with Crippen molar-refractivity contribution in [1.82, 2.24) is 19.7 Å². The van der Waals surface area contributed by atoms with Gasteiger partial charge in [0.1, 0.15) is 5.82 Å². The van der Waals surface area contributed by atoms with E-state index in [2.05, 4.69) is 28.9 Å². The Hall–Kier alpha value is -1.62. The van der Waals surface area contributed by atoms with E-state index in [4.69, 9.17) is 5.73 Å². The molecule has 2 heterocycles. The van der Waals surface area contributed by atoms with Crippen LogP contribution in [0.2, 0.25) is 0 Å². The van der Waals surface area contributed by atoms with Crippen LogP contribution >= 0.6 is 0 Å². The van der Waals surface area contributed by atoms with Gasteiger partial charge in [-0.2, -0.15) is 5.10 Å². The Morgan fingerprint density at radius 2 is 2.21 bits per heavy atom. The Kier molecular flexibility index (Phi) is 4.37. The van der Waals surface area contributed by atoms with E-state index in [1.54, 1.807) is 6.20 Å². The predicted molar refractivity (Wildman–Crippen MR) is 76.5 cm³/mol. The molecule has 1 atom stereocenters. The quantitative estimate of drug-likeness (QED) is 0.835. The third-order valence-corrected chi connectivity index (χ3v) is 3.35. The number of imidazole rings is 1. The number of hydrogen-bond donors (Lipinski definition) is 2. The maximum atomic E-state index is 5.84. The van der Waals surface area contributed by atoms with Gasteiger partial charge in [-0.25, -0.2) is 4.98 Å². The number of nitrogens with one attached hydrogen (secondary N) is 1. The summed E-state index contributed by atoms with van der Waals surface area (Å²) in [5.41, 5.74) is 7.90. The number of nitrogens with two attached hydrogens (primary N) is 1. The molecular formula is C14H23N5. The van der Waals surface area contributed by atoms with E-state index in [0.29, 0.717) is 18.4 Å². The summed E-state index contributed by atoms with van der Waals surface area (Å²) in [6.45, 7) is 5.16. The molecule has 3 N–H and O–H groups in total. The van der Waals surface area contributed by atoms with Crippen molar-refractivity contribution in [2.24, 2.45) is 24.6 Å². The molecule has 19 heavy (non-hydrogen) atoms. The molecule has 1 unspecified atom stereocenters. The molecular weight excluding hydrogens is 238 g/mol. The van der Waals surface area contributed by atoms with Crippen LogP contribution in [0, 0.1) is 11.8 Å². The highest BCUT2D eigenvalue weighted by atomic mass is 15.3. The number of aromatic amines is 1. The minimum atomic E-state index is 0.491. The summed E-state index contributed by atoms with van der Waals surface area (Å²) < 4.78 is 1.84. The molecule has 0 saturated heterocycles. The van der Waals surface area contributed by atoms with Crippen molar-refractivity contribution in [3.8, 4) is 11.4 Å². The van der Waals surface area contributed by atoms with Gasteiger partial charge in [0.25, 0.3) is 0 Å². The largest absolute Gasteiger partial charge is 0.341 e. The second-order valence-electron chi connectivity index (χ2n) is 5.52. The molecule has 0 aliphatic rings. The van der Waals surface area contributed by atoms with Crippen LogP contribution in [-0.4, -0.2) is 26.3 Å². The van der Waals surface area contributed by atoms with Gasteiger partial charge in [-0.05, 0) is 30.9 Å². The highest BCUT2D eigenvalue weighted by molar-refractivity contribution is 5.53. The van der Waals surface area contributed by atoms with Crippen LogP contribution in [0.1, 0.15) is 26.1 Å². The van der Waals surface area contributed by atoms with Crippen LogP contribution in [0.25, 0.3) is 11.4 Å². The highest BCUT2D eigenvalue weighted by Gasteiger charge is 2.13. The van der Waals surface area contributed by atoms with E-state index in [0.717, 1.165) is 30.1 Å². The lowest BCUT2D eigenvalue weighted by Crippen LogP contribution is -2.19. The fraction of sp³-hybridized carbons (Fsp3) is 0.571. The minimum absolute atomic E-state index is 0.491. The van der Waals surface area contributed by atoms with Crippen LogP contribution < -0.4 is 5.73 Å². The van der Waals surface area contributed by atoms with Gasteiger partial charge in [-0.15, -0.1) is 0 Å². The number of nitrogens with zero attached hydrogens (tertiary/aromatic N) is 3. The van der Waals surface area contributed by atoms with Crippen LogP contribution in [0.5, 0.6) is 0 Å². The van der Waals surface area contributed by atoms with Crippen LogP contribution in [-0.2, 0) is 13.5 Å². The van der Waals surface area contributed by atoms with Crippen molar-refractivity contribution in [3.05, 3.63) is 24.3 Å². The summed E-state index contributed by atoms with van der Waals surface area (Å²) in [5, 5.41) is 4.17. The molecule has 0 radical (unpaired) electrons. The lowest BCUT2D eigenvalue weighted by molar-refractivity contribution is 0.409. The Labute approximate surface area is 114 Å². The third-order valence-electron chi connectivity index (χ3n) is 3.35. The molecule has 0 fully saturated rings. The van der Waals surface area contributed by atoms with Gasteiger partial charge in [-0.1, -0.05) is 13.8 Å². The van der Waals surface area contributed by atoms with E-state index in [-0.39, 0.29) is 0 Å². The summed E-state index contributed by atoms with van der Waals surface area (Å²) >= 11 is 0. The zero-order valence-electron chi connectivity index (χ0n) is 11.9. The van der Waals surface area contributed by atoms with Crippen LogP contribution in [0.15, 0.2) is 18.5 Å². The van der Waals surface area contributed by atoms with Gasteiger partial charge in [0.2, 0.25) is 0 Å². The summed E-state index contributed by atoms with van der Waals surface area (Å²) in [7, 11) is 1.93. The smallest absolute Gasteiger partial charge is 0.106 e. The average Bonchev–Trinajstić information content (AvgIpc) is 2.96. The van der Waals surface area contributed by atoms with E-state index < -0.39 is 0 Å². The zero-order chi connectivity index (χ0) is 13.8. The SMILES string of the molecule is CC(C)CC(CN)Cc1ncc(-c2ccnn2C)[nH]1. The minimum Gasteiger partial charge on any atom is -0.341 e. The summed E-state index contributed by atoms with van der Waals surface area (Å²) in [5.74, 6) is 2.16. The van der Waals surface area contributed by atoms with E-state index in [1.807, 2.05) is 24.0 Å². The number of aryl methyl sites for hydroxylation is 1. The van der Waals surface area contributed by atoms with Crippen LogP contribution in [0.3, 0.4) is 0 Å². The molecule has 5 heteroatoms. The predicted octanol–water partition coefficient (Wildman–Crippen LogP) is 1.97. The second kappa shape index (κ2) is 6.02. The number of hydrogen-bond acceptors (Lipinski definition) is 3. The summed E-state index contributed by atoms with van der Waals surface area (Å²) in [6, 6.07) is 1.98.